The van der Waals surface area contributed by atoms with Gasteiger partial charge in [-0.3, -0.25) is 15.0 Å². The Morgan fingerprint density at radius 1 is 1.26 bits per heavy atom. The summed E-state index contributed by atoms with van der Waals surface area (Å²) in [5.74, 6) is 0.661. The molecular weight excluding hydrogens is 370 g/mol. The fourth-order valence-corrected chi connectivity index (χ4v) is 4.39. The van der Waals surface area contributed by atoms with Crippen molar-refractivity contribution in [3.63, 3.8) is 0 Å². The second kappa shape index (κ2) is 8.64. The summed E-state index contributed by atoms with van der Waals surface area (Å²) >= 11 is 0. The second-order valence-corrected chi connectivity index (χ2v) is 7.98. The number of likely N-dealkylation sites (N-methyl/N-ethyl adjacent to an activating group) is 1. The number of sulfonamides is 1. The molecule has 1 unspecified atom stereocenters. The maximum absolute atomic E-state index is 12.9. The number of non-ortho nitro benzene ring substituents is 1. The summed E-state index contributed by atoms with van der Waals surface area (Å²) in [6.07, 6.45) is 1.55. The zero-order valence-electron chi connectivity index (χ0n) is 15.9. The maximum atomic E-state index is 12.9. The van der Waals surface area contributed by atoms with E-state index >= 15 is 0 Å². The average Bonchev–Trinajstić information content (AvgIpc) is 3.14. The third kappa shape index (κ3) is 4.74. The normalized spacial score (nSPS) is 13.1. The SMILES string of the molecule is CCN(CC)C(CNS(=O)(=O)c1cc([N+](=O)[O-])cc(C)c1C)c1ccco1. The van der Waals surface area contributed by atoms with Crippen LogP contribution in [0.25, 0.3) is 0 Å². The Bertz CT molecular complexity index is 890. The number of benzene rings is 1. The molecule has 1 aromatic carbocycles. The fourth-order valence-electron chi connectivity index (χ4n) is 3.01. The number of rotatable bonds is 9. The highest BCUT2D eigenvalue weighted by molar-refractivity contribution is 7.89. The number of hydrogen-bond donors (Lipinski definition) is 1. The van der Waals surface area contributed by atoms with E-state index in [0.29, 0.717) is 16.9 Å². The lowest BCUT2D eigenvalue weighted by atomic mass is 10.1. The third-order valence-electron chi connectivity index (χ3n) is 4.70. The molecule has 0 saturated heterocycles. The highest BCUT2D eigenvalue weighted by Crippen LogP contribution is 2.26. The molecule has 2 aromatic rings. The number of hydrogen-bond acceptors (Lipinski definition) is 6. The van der Waals surface area contributed by atoms with Crippen LogP contribution in [0.5, 0.6) is 0 Å². The summed E-state index contributed by atoms with van der Waals surface area (Å²) in [6.45, 7) is 8.81. The molecular formula is C18H25N3O5S. The van der Waals surface area contributed by atoms with E-state index in [0.717, 1.165) is 19.2 Å². The van der Waals surface area contributed by atoms with Crippen LogP contribution in [0, 0.1) is 24.0 Å². The number of nitrogens with one attached hydrogen (secondary N) is 1. The van der Waals surface area contributed by atoms with Crippen molar-refractivity contribution >= 4 is 15.7 Å². The third-order valence-corrected chi connectivity index (χ3v) is 6.25. The zero-order chi connectivity index (χ0) is 20.2. The van der Waals surface area contributed by atoms with Crippen LogP contribution in [0.4, 0.5) is 5.69 Å². The van der Waals surface area contributed by atoms with Gasteiger partial charge in [-0.1, -0.05) is 13.8 Å². The molecule has 0 bridgehead atoms. The van der Waals surface area contributed by atoms with E-state index in [4.69, 9.17) is 4.42 Å². The van der Waals surface area contributed by atoms with Crippen LogP contribution in [0.3, 0.4) is 0 Å². The van der Waals surface area contributed by atoms with Gasteiger partial charge >= 0.3 is 0 Å². The summed E-state index contributed by atoms with van der Waals surface area (Å²) < 4.78 is 33.8. The fraction of sp³-hybridized carbons (Fsp3) is 0.444. The average molecular weight is 395 g/mol. The van der Waals surface area contributed by atoms with Gasteiger partial charge in [-0.25, -0.2) is 13.1 Å². The minimum absolute atomic E-state index is 0.0769. The van der Waals surface area contributed by atoms with Crippen molar-refractivity contribution in [3.8, 4) is 0 Å². The summed E-state index contributed by atoms with van der Waals surface area (Å²) in [6, 6.07) is 5.76. The van der Waals surface area contributed by atoms with E-state index in [-0.39, 0.29) is 23.2 Å². The first-order chi connectivity index (χ1) is 12.7. The monoisotopic (exact) mass is 395 g/mol. The Balaban J connectivity index is 2.34. The summed E-state index contributed by atoms with van der Waals surface area (Å²) in [5, 5.41) is 11.1. The second-order valence-electron chi connectivity index (χ2n) is 6.25. The Morgan fingerprint density at radius 2 is 1.93 bits per heavy atom. The molecule has 27 heavy (non-hydrogen) atoms. The van der Waals surface area contributed by atoms with Crippen molar-refractivity contribution in [2.75, 3.05) is 19.6 Å². The van der Waals surface area contributed by atoms with Gasteiger partial charge < -0.3 is 4.42 Å². The minimum Gasteiger partial charge on any atom is -0.468 e. The van der Waals surface area contributed by atoms with Gasteiger partial charge in [-0.2, -0.15) is 0 Å². The van der Waals surface area contributed by atoms with Gasteiger partial charge in [-0.15, -0.1) is 0 Å². The standard InChI is InChI=1S/C18H25N3O5S/c1-5-20(6-2)16(17-8-7-9-26-17)12-19-27(24,25)18-11-15(21(22)23)10-13(3)14(18)4/h7-11,16,19H,5-6,12H2,1-4H3. The van der Waals surface area contributed by atoms with E-state index in [9.17, 15) is 18.5 Å². The lowest BCUT2D eigenvalue weighted by Gasteiger charge is -2.28. The smallest absolute Gasteiger partial charge is 0.271 e. The Kier molecular flexibility index (Phi) is 6.74. The van der Waals surface area contributed by atoms with E-state index < -0.39 is 14.9 Å². The lowest BCUT2D eigenvalue weighted by Crippen LogP contribution is -2.38. The molecule has 0 aliphatic rings. The molecule has 0 fully saturated rings. The first kappa shape index (κ1) is 21.1. The Morgan fingerprint density at radius 3 is 2.44 bits per heavy atom. The van der Waals surface area contributed by atoms with Gasteiger partial charge in [0, 0.05) is 18.7 Å². The van der Waals surface area contributed by atoms with Gasteiger partial charge in [0.1, 0.15) is 5.76 Å². The Hall–Kier alpha value is -2.23. The van der Waals surface area contributed by atoms with Crippen LogP contribution >= 0.6 is 0 Å². The number of furan rings is 1. The number of nitro groups is 1. The predicted molar refractivity (Wildman–Crippen MR) is 102 cm³/mol. The molecule has 0 amide bonds. The van der Waals surface area contributed by atoms with Crippen molar-refractivity contribution in [1.82, 2.24) is 9.62 Å². The highest BCUT2D eigenvalue weighted by Gasteiger charge is 2.26. The molecule has 1 heterocycles. The largest absolute Gasteiger partial charge is 0.468 e. The van der Waals surface area contributed by atoms with E-state index in [1.54, 1.807) is 32.2 Å². The van der Waals surface area contributed by atoms with Crippen molar-refractivity contribution in [2.24, 2.45) is 0 Å². The van der Waals surface area contributed by atoms with Crippen molar-refractivity contribution < 1.29 is 17.8 Å². The van der Waals surface area contributed by atoms with Crippen molar-refractivity contribution in [2.45, 2.75) is 38.6 Å². The van der Waals surface area contributed by atoms with Gasteiger partial charge in [-0.05, 0) is 50.2 Å². The number of nitrogens with zero attached hydrogens (tertiary/aromatic N) is 2. The van der Waals surface area contributed by atoms with Crippen LogP contribution in [-0.2, 0) is 10.0 Å². The first-order valence-corrected chi connectivity index (χ1v) is 10.2. The maximum Gasteiger partial charge on any atom is 0.271 e. The van der Waals surface area contributed by atoms with Gasteiger partial charge in [0.05, 0.1) is 22.1 Å². The van der Waals surface area contributed by atoms with Gasteiger partial charge in [0.25, 0.3) is 5.69 Å². The molecule has 1 atom stereocenters. The molecule has 2 rings (SSSR count). The van der Waals surface area contributed by atoms with Gasteiger partial charge in [0.2, 0.25) is 10.0 Å². The van der Waals surface area contributed by atoms with E-state index in [1.807, 2.05) is 13.8 Å². The van der Waals surface area contributed by atoms with Crippen LogP contribution < -0.4 is 4.72 Å². The summed E-state index contributed by atoms with van der Waals surface area (Å²) in [7, 11) is -3.93. The minimum atomic E-state index is -3.93. The molecule has 1 N–H and O–H groups in total. The molecule has 9 heteroatoms. The molecule has 0 saturated carbocycles. The van der Waals surface area contributed by atoms with Crippen LogP contribution in [0.15, 0.2) is 39.8 Å². The summed E-state index contributed by atoms with van der Waals surface area (Å²) in [4.78, 5) is 12.5. The molecule has 8 nitrogen and oxygen atoms in total. The number of nitro benzene ring substituents is 1. The molecule has 0 spiro atoms. The van der Waals surface area contributed by atoms with E-state index in [1.165, 1.54) is 6.07 Å². The number of aryl methyl sites for hydroxylation is 1. The highest BCUT2D eigenvalue weighted by atomic mass is 32.2. The Labute approximate surface area is 159 Å². The predicted octanol–water partition coefficient (Wildman–Crippen LogP) is 3.17. The molecule has 0 radical (unpaired) electrons. The molecule has 148 valence electrons. The van der Waals surface area contributed by atoms with E-state index in [2.05, 4.69) is 9.62 Å². The van der Waals surface area contributed by atoms with Crippen LogP contribution in [0.2, 0.25) is 0 Å². The van der Waals surface area contributed by atoms with Crippen molar-refractivity contribution in [1.29, 1.82) is 0 Å². The summed E-state index contributed by atoms with van der Waals surface area (Å²) in [5.41, 5.74) is 0.797. The topological polar surface area (TPSA) is 106 Å². The first-order valence-electron chi connectivity index (χ1n) is 8.74. The zero-order valence-corrected chi connectivity index (χ0v) is 16.7. The quantitative estimate of drug-likeness (QED) is 0.516. The van der Waals surface area contributed by atoms with Crippen LogP contribution in [0.1, 0.15) is 36.8 Å². The molecule has 0 aliphatic heterocycles. The van der Waals surface area contributed by atoms with Crippen molar-refractivity contribution in [3.05, 3.63) is 57.5 Å². The lowest BCUT2D eigenvalue weighted by molar-refractivity contribution is -0.385. The van der Waals surface area contributed by atoms with Crippen LogP contribution in [-0.4, -0.2) is 37.9 Å². The molecule has 1 aromatic heterocycles. The molecule has 0 aliphatic carbocycles. The van der Waals surface area contributed by atoms with Gasteiger partial charge in [0.15, 0.2) is 0 Å².